The van der Waals surface area contributed by atoms with Crippen LogP contribution in [0.15, 0.2) is 42.6 Å². The van der Waals surface area contributed by atoms with Crippen molar-refractivity contribution in [2.45, 2.75) is 32.3 Å². The van der Waals surface area contributed by atoms with Crippen molar-refractivity contribution in [2.75, 3.05) is 19.6 Å². The van der Waals surface area contributed by atoms with Gasteiger partial charge in [0.25, 0.3) is 5.91 Å². The van der Waals surface area contributed by atoms with Crippen LogP contribution < -0.4 is 0 Å². The molecule has 0 spiro atoms. The number of nitrogens with zero attached hydrogens (tertiary/aromatic N) is 5. The van der Waals surface area contributed by atoms with Crippen LogP contribution in [0, 0.1) is 24.4 Å². The smallest absolute Gasteiger partial charge is 0.433 e. The molecule has 0 radical (unpaired) electrons. The minimum Gasteiger partial charge on any atom is -0.480 e. The van der Waals surface area contributed by atoms with Crippen molar-refractivity contribution in [3.05, 3.63) is 88.0 Å². The van der Waals surface area contributed by atoms with E-state index in [9.17, 15) is 46.1 Å². The Balaban J connectivity index is 1.51. The topological polar surface area (TPSA) is 111 Å². The van der Waals surface area contributed by atoms with E-state index in [-0.39, 0.29) is 60.7 Å². The number of carbonyl (C=O) groups is 2. The van der Waals surface area contributed by atoms with Gasteiger partial charge in [0.2, 0.25) is 0 Å². The fourth-order valence-electron chi connectivity index (χ4n) is 5.16. The lowest BCUT2D eigenvalue weighted by molar-refractivity contribution is -0.145. The monoisotopic (exact) mass is 607 g/mol. The van der Waals surface area contributed by atoms with Gasteiger partial charge in [-0.15, -0.1) is 0 Å². The normalized spacial score (nSPS) is 16.2. The zero-order valence-corrected chi connectivity index (χ0v) is 22.4. The third-order valence-electron chi connectivity index (χ3n) is 7.27. The Morgan fingerprint density at radius 3 is 2.40 bits per heavy atom. The van der Waals surface area contributed by atoms with Gasteiger partial charge in [-0.2, -0.15) is 18.3 Å². The number of aliphatic hydroxyl groups is 1. The van der Waals surface area contributed by atoms with E-state index in [0.29, 0.717) is 16.1 Å². The molecule has 15 heteroatoms. The maximum atomic E-state index is 14.3. The third-order valence-corrected chi connectivity index (χ3v) is 7.27. The molecule has 0 unspecified atom stereocenters. The molecule has 4 aromatic rings. The Hall–Kier alpha value is -4.50. The molecular weight excluding hydrogens is 584 g/mol. The molecule has 0 aliphatic carbocycles. The molecular formula is C28H23F6N5O4. The van der Waals surface area contributed by atoms with Gasteiger partial charge in [0, 0.05) is 48.9 Å². The maximum Gasteiger partial charge on any atom is 0.433 e. The molecule has 1 fully saturated rings. The van der Waals surface area contributed by atoms with E-state index >= 15 is 0 Å². The van der Waals surface area contributed by atoms with E-state index < -0.39 is 52.9 Å². The van der Waals surface area contributed by atoms with Crippen LogP contribution in [0.1, 0.15) is 32.7 Å². The predicted molar refractivity (Wildman–Crippen MR) is 138 cm³/mol. The van der Waals surface area contributed by atoms with E-state index in [1.165, 1.54) is 36.1 Å². The van der Waals surface area contributed by atoms with Gasteiger partial charge < -0.3 is 15.1 Å². The molecule has 1 aliphatic rings. The van der Waals surface area contributed by atoms with E-state index in [2.05, 4.69) is 10.1 Å². The minimum absolute atomic E-state index is 0.0326. The summed E-state index contributed by atoms with van der Waals surface area (Å²) in [6, 6.07) is 5.60. The average Bonchev–Trinajstić information content (AvgIpc) is 3.37. The quantitative estimate of drug-likeness (QED) is 0.252. The molecule has 1 aliphatic heterocycles. The second kappa shape index (κ2) is 11.3. The summed E-state index contributed by atoms with van der Waals surface area (Å²) < 4.78 is 84.8. The summed E-state index contributed by atoms with van der Waals surface area (Å²) in [7, 11) is 0. The SMILES string of the molecule is Cc1c(-c2ccc(CO)cc2)nc2c(C(=O)N3CCN(Cc4cc(F)cc(F)c4F)C[C@H]3C(=O)O)cnn2c1C(F)(F)F. The number of hydrogen-bond donors (Lipinski definition) is 2. The molecule has 43 heavy (non-hydrogen) atoms. The lowest BCUT2D eigenvalue weighted by atomic mass is 10.0. The summed E-state index contributed by atoms with van der Waals surface area (Å²) in [5.74, 6) is -6.12. The fourth-order valence-corrected chi connectivity index (χ4v) is 5.16. The van der Waals surface area contributed by atoms with Gasteiger partial charge in [0.15, 0.2) is 23.0 Å². The summed E-state index contributed by atoms with van der Waals surface area (Å²) in [4.78, 5) is 32.5. The number of amides is 1. The van der Waals surface area contributed by atoms with Crippen LogP contribution in [0.25, 0.3) is 16.9 Å². The number of carbonyl (C=O) groups excluding carboxylic acids is 1. The van der Waals surface area contributed by atoms with E-state index in [1.807, 2.05) is 0 Å². The summed E-state index contributed by atoms with van der Waals surface area (Å²) in [6.07, 6.45) is -4.02. The molecule has 2 N–H and O–H groups in total. The summed E-state index contributed by atoms with van der Waals surface area (Å²) >= 11 is 0. The third kappa shape index (κ3) is 5.64. The highest BCUT2D eigenvalue weighted by Crippen LogP contribution is 2.37. The number of carboxylic acids is 1. The number of rotatable bonds is 6. The number of hydrogen-bond acceptors (Lipinski definition) is 6. The summed E-state index contributed by atoms with van der Waals surface area (Å²) in [6.45, 7) is -0.0688. The highest BCUT2D eigenvalue weighted by molar-refractivity contribution is 6.01. The zero-order chi connectivity index (χ0) is 31.2. The average molecular weight is 608 g/mol. The Bertz CT molecular complexity index is 1720. The van der Waals surface area contributed by atoms with Gasteiger partial charge in [-0.25, -0.2) is 27.5 Å². The van der Waals surface area contributed by atoms with Crippen LogP contribution in [-0.2, 0) is 24.1 Å². The highest BCUT2D eigenvalue weighted by atomic mass is 19.4. The van der Waals surface area contributed by atoms with Crippen LogP contribution in [0.2, 0.25) is 0 Å². The van der Waals surface area contributed by atoms with Crippen molar-refractivity contribution in [3.63, 3.8) is 0 Å². The number of alkyl halides is 3. The van der Waals surface area contributed by atoms with Gasteiger partial charge in [0.05, 0.1) is 18.5 Å². The lowest BCUT2D eigenvalue weighted by Gasteiger charge is -2.39. The number of aliphatic carboxylic acids is 1. The summed E-state index contributed by atoms with van der Waals surface area (Å²) in [5.41, 5.74) is -1.92. The molecule has 5 rings (SSSR count). The lowest BCUT2D eigenvalue weighted by Crippen LogP contribution is -2.58. The van der Waals surface area contributed by atoms with Crippen LogP contribution in [0.3, 0.4) is 0 Å². The van der Waals surface area contributed by atoms with Crippen molar-refractivity contribution in [3.8, 4) is 11.3 Å². The zero-order valence-electron chi connectivity index (χ0n) is 22.4. The first-order chi connectivity index (χ1) is 20.3. The maximum absolute atomic E-state index is 14.3. The number of piperazine rings is 1. The van der Waals surface area contributed by atoms with Gasteiger partial charge in [-0.3, -0.25) is 9.69 Å². The van der Waals surface area contributed by atoms with Crippen LogP contribution in [-0.4, -0.2) is 72.2 Å². The Kier molecular flexibility index (Phi) is 7.88. The molecule has 3 heterocycles. The summed E-state index contributed by atoms with van der Waals surface area (Å²) in [5, 5.41) is 23.0. The molecule has 9 nitrogen and oxygen atoms in total. The molecule has 2 aromatic heterocycles. The molecule has 1 atom stereocenters. The standard InChI is InChI=1S/C28H23F6N5O4/c1-14-23(16-4-2-15(13-40)3-5-16)36-25-19(10-35-39(25)24(14)28(32,33)34)26(41)38-7-6-37(12-21(38)27(42)43)11-17-8-18(29)9-20(30)22(17)31/h2-5,8-10,21,40H,6-7,11-13H2,1H3,(H,42,43)/t21-/m0/s1. The molecule has 1 amide bonds. The molecule has 1 saturated heterocycles. The largest absolute Gasteiger partial charge is 0.480 e. The van der Waals surface area contributed by atoms with Crippen LogP contribution in [0.4, 0.5) is 26.3 Å². The minimum atomic E-state index is -4.90. The van der Waals surface area contributed by atoms with Crippen LogP contribution in [0.5, 0.6) is 0 Å². The number of aliphatic hydroxyl groups excluding tert-OH is 1. The van der Waals surface area contributed by atoms with Gasteiger partial charge in [-0.1, -0.05) is 24.3 Å². The van der Waals surface area contributed by atoms with Crippen LogP contribution >= 0.6 is 0 Å². The van der Waals surface area contributed by atoms with Crippen molar-refractivity contribution < 1.29 is 46.1 Å². The molecule has 2 aromatic carbocycles. The number of halogens is 6. The number of benzene rings is 2. The number of fused-ring (bicyclic) bond motifs is 1. The van der Waals surface area contributed by atoms with Crippen molar-refractivity contribution in [1.82, 2.24) is 24.4 Å². The van der Waals surface area contributed by atoms with E-state index in [4.69, 9.17) is 0 Å². The molecule has 226 valence electrons. The van der Waals surface area contributed by atoms with Gasteiger partial charge in [0.1, 0.15) is 17.4 Å². The number of carboxylic acid groups (broad SMARTS) is 1. The fraction of sp³-hybridized carbons (Fsp3) is 0.286. The van der Waals surface area contributed by atoms with Crippen molar-refractivity contribution >= 4 is 17.5 Å². The second-order valence-electron chi connectivity index (χ2n) is 10.0. The highest BCUT2D eigenvalue weighted by Gasteiger charge is 2.41. The van der Waals surface area contributed by atoms with Gasteiger partial charge >= 0.3 is 12.1 Å². The first-order valence-electron chi connectivity index (χ1n) is 12.9. The first kappa shape index (κ1) is 30.0. The Morgan fingerprint density at radius 1 is 1.07 bits per heavy atom. The molecule has 0 bridgehead atoms. The van der Waals surface area contributed by atoms with Crippen molar-refractivity contribution in [1.29, 1.82) is 0 Å². The van der Waals surface area contributed by atoms with Gasteiger partial charge in [-0.05, 0) is 18.6 Å². The Morgan fingerprint density at radius 2 is 1.77 bits per heavy atom. The Labute approximate surface area is 239 Å². The van der Waals surface area contributed by atoms with E-state index in [0.717, 1.165) is 17.2 Å². The number of aromatic nitrogens is 3. The molecule has 0 saturated carbocycles. The predicted octanol–water partition coefficient (Wildman–Crippen LogP) is 4.04. The van der Waals surface area contributed by atoms with Crippen molar-refractivity contribution in [2.24, 2.45) is 0 Å². The van der Waals surface area contributed by atoms with E-state index in [1.54, 1.807) is 0 Å². The first-order valence-corrected chi connectivity index (χ1v) is 12.9. The second-order valence-corrected chi connectivity index (χ2v) is 10.0.